The fourth-order valence-corrected chi connectivity index (χ4v) is 3.68. The summed E-state index contributed by atoms with van der Waals surface area (Å²) >= 11 is 0. The minimum Gasteiger partial charge on any atom is -0.382 e. The van der Waals surface area contributed by atoms with Gasteiger partial charge in [-0.3, -0.25) is 0 Å². The van der Waals surface area contributed by atoms with Crippen molar-refractivity contribution < 1.29 is 8.42 Å². The molecule has 1 aromatic carbocycles. The number of hydrogen-bond donors (Lipinski definition) is 3. The average molecular weight is 311 g/mol. The first-order valence-corrected chi connectivity index (χ1v) is 8.97. The fourth-order valence-electron chi connectivity index (χ4n) is 2.92. The quantitative estimate of drug-likeness (QED) is 0.774. The van der Waals surface area contributed by atoms with Crippen molar-refractivity contribution in [3.05, 3.63) is 23.8 Å². The van der Waals surface area contributed by atoms with Gasteiger partial charge in [0.2, 0.25) is 10.0 Å². The molecule has 2 rings (SSSR count). The number of sulfonamides is 1. The van der Waals surface area contributed by atoms with E-state index in [2.05, 4.69) is 10.0 Å². The van der Waals surface area contributed by atoms with E-state index in [1.165, 1.54) is 19.9 Å². The van der Waals surface area contributed by atoms with Crippen LogP contribution in [0, 0.1) is 12.8 Å². The van der Waals surface area contributed by atoms with E-state index in [-0.39, 0.29) is 0 Å². The van der Waals surface area contributed by atoms with Gasteiger partial charge in [0.1, 0.15) is 0 Å². The van der Waals surface area contributed by atoms with Gasteiger partial charge in [-0.15, -0.1) is 0 Å². The zero-order valence-electron chi connectivity index (χ0n) is 12.7. The molecule has 0 saturated heterocycles. The molecule has 1 aliphatic carbocycles. The molecule has 5 nitrogen and oxygen atoms in total. The first kappa shape index (κ1) is 16.3. The van der Waals surface area contributed by atoms with Gasteiger partial charge in [-0.2, -0.15) is 0 Å². The number of anilines is 1. The molecule has 1 fully saturated rings. The summed E-state index contributed by atoms with van der Waals surface area (Å²) in [7, 11) is -1.99. The maximum atomic E-state index is 11.9. The van der Waals surface area contributed by atoms with E-state index in [0.29, 0.717) is 23.4 Å². The lowest BCUT2D eigenvalue weighted by molar-refractivity contribution is 0.332. The van der Waals surface area contributed by atoms with Crippen LogP contribution in [0.25, 0.3) is 0 Å². The Kier molecular flexibility index (Phi) is 5.24. The molecule has 0 spiro atoms. The molecule has 0 amide bonds. The predicted octanol–water partition coefficient (Wildman–Crippen LogP) is 1.83. The summed E-state index contributed by atoms with van der Waals surface area (Å²) in [6, 6.07) is 5.51. The van der Waals surface area contributed by atoms with Crippen molar-refractivity contribution >= 4 is 15.7 Å². The molecule has 4 N–H and O–H groups in total. The van der Waals surface area contributed by atoms with Crippen molar-refractivity contribution in [2.45, 2.75) is 43.5 Å². The molecule has 2 atom stereocenters. The van der Waals surface area contributed by atoms with Crippen molar-refractivity contribution in [3.63, 3.8) is 0 Å². The molecule has 0 bridgehead atoms. The van der Waals surface area contributed by atoms with Crippen LogP contribution in [0.1, 0.15) is 31.2 Å². The van der Waals surface area contributed by atoms with Gasteiger partial charge in [-0.25, -0.2) is 13.1 Å². The zero-order chi connectivity index (χ0) is 15.5. The van der Waals surface area contributed by atoms with Gasteiger partial charge in [-0.1, -0.05) is 18.9 Å². The summed E-state index contributed by atoms with van der Waals surface area (Å²) in [4.78, 5) is 0.290. The van der Waals surface area contributed by atoms with Crippen molar-refractivity contribution in [3.8, 4) is 0 Å². The number of nitrogens with one attached hydrogen (secondary N) is 2. The second-order valence-electron chi connectivity index (χ2n) is 5.72. The van der Waals surface area contributed by atoms with E-state index in [4.69, 9.17) is 5.73 Å². The Balaban J connectivity index is 2.25. The Bertz CT molecular complexity index is 587. The van der Waals surface area contributed by atoms with E-state index in [9.17, 15) is 8.42 Å². The lowest BCUT2D eigenvalue weighted by Crippen LogP contribution is -2.37. The fraction of sp³-hybridized carbons (Fsp3) is 0.600. The van der Waals surface area contributed by atoms with Gasteiger partial charge in [0.05, 0.1) is 4.90 Å². The summed E-state index contributed by atoms with van der Waals surface area (Å²) in [6.45, 7) is 2.66. The van der Waals surface area contributed by atoms with Crippen LogP contribution < -0.4 is 15.8 Å². The maximum absolute atomic E-state index is 11.9. The highest BCUT2D eigenvalue weighted by Crippen LogP contribution is 2.28. The molecule has 21 heavy (non-hydrogen) atoms. The molecule has 2 unspecified atom stereocenters. The van der Waals surface area contributed by atoms with Crippen molar-refractivity contribution in [1.29, 1.82) is 0 Å². The Labute approximate surface area is 127 Å². The van der Waals surface area contributed by atoms with Crippen LogP contribution in [-0.4, -0.2) is 28.1 Å². The Morgan fingerprint density at radius 1 is 1.29 bits per heavy atom. The van der Waals surface area contributed by atoms with Gasteiger partial charge < -0.3 is 11.1 Å². The SMILES string of the molecule is CNS(=O)(=O)c1ccc(C)c(NC2CCCCC2CN)c1. The van der Waals surface area contributed by atoms with Gasteiger partial charge in [0.15, 0.2) is 0 Å². The van der Waals surface area contributed by atoms with E-state index in [0.717, 1.165) is 24.1 Å². The van der Waals surface area contributed by atoms with Crippen LogP contribution in [0.2, 0.25) is 0 Å². The van der Waals surface area contributed by atoms with Crippen molar-refractivity contribution in [2.24, 2.45) is 11.7 Å². The van der Waals surface area contributed by atoms with Crippen LogP contribution in [0.15, 0.2) is 23.1 Å². The summed E-state index contributed by atoms with van der Waals surface area (Å²) in [5.41, 5.74) is 7.79. The van der Waals surface area contributed by atoms with Gasteiger partial charge >= 0.3 is 0 Å². The molecule has 0 heterocycles. The van der Waals surface area contributed by atoms with Crippen LogP contribution in [0.4, 0.5) is 5.69 Å². The summed E-state index contributed by atoms with van der Waals surface area (Å²) in [6.07, 6.45) is 4.65. The normalized spacial score (nSPS) is 23.0. The first-order valence-electron chi connectivity index (χ1n) is 7.48. The van der Waals surface area contributed by atoms with Crippen molar-refractivity contribution in [2.75, 3.05) is 18.9 Å². The molecule has 0 aliphatic heterocycles. The number of benzene rings is 1. The summed E-state index contributed by atoms with van der Waals surface area (Å²) in [5, 5.41) is 3.51. The topological polar surface area (TPSA) is 84.2 Å². The number of rotatable bonds is 5. The maximum Gasteiger partial charge on any atom is 0.240 e. The van der Waals surface area contributed by atoms with E-state index < -0.39 is 10.0 Å². The third kappa shape index (κ3) is 3.75. The smallest absolute Gasteiger partial charge is 0.240 e. The summed E-state index contributed by atoms with van der Waals surface area (Å²) in [5.74, 6) is 0.461. The third-order valence-electron chi connectivity index (χ3n) is 4.34. The third-order valence-corrected chi connectivity index (χ3v) is 5.75. The second-order valence-corrected chi connectivity index (χ2v) is 7.60. The van der Waals surface area contributed by atoms with Gasteiger partial charge in [-0.05, 0) is 57.0 Å². The molecular weight excluding hydrogens is 286 g/mol. The first-order chi connectivity index (χ1) is 9.97. The minimum absolute atomic E-state index is 0.290. The zero-order valence-corrected chi connectivity index (χ0v) is 13.5. The second kappa shape index (κ2) is 6.77. The Hall–Kier alpha value is -1.11. The summed E-state index contributed by atoms with van der Waals surface area (Å²) < 4.78 is 26.2. The highest BCUT2D eigenvalue weighted by Gasteiger charge is 2.24. The van der Waals surface area contributed by atoms with Gasteiger partial charge in [0, 0.05) is 11.7 Å². The molecule has 6 heteroatoms. The molecule has 0 aromatic heterocycles. The molecule has 1 saturated carbocycles. The predicted molar refractivity (Wildman–Crippen MR) is 85.8 cm³/mol. The lowest BCUT2D eigenvalue weighted by Gasteiger charge is -2.32. The van der Waals surface area contributed by atoms with Crippen LogP contribution in [0.3, 0.4) is 0 Å². The minimum atomic E-state index is -3.41. The molecule has 1 aromatic rings. The van der Waals surface area contributed by atoms with E-state index in [1.54, 1.807) is 12.1 Å². The lowest BCUT2D eigenvalue weighted by atomic mass is 9.84. The molecule has 1 aliphatic rings. The Morgan fingerprint density at radius 2 is 2.00 bits per heavy atom. The van der Waals surface area contributed by atoms with Gasteiger partial charge in [0.25, 0.3) is 0 Å². The Morgan fingerprint density at radius 3 is 2.67 bits per heavy atom. The highest BCUT2D eigenvalue weighted by molar-refractivity contribution is 7.89. The molecule has 118 valence electrons. The van der Waals surface area contributed by atoms with Crippen LogP contribution in [-0.2, 0) is 10.0 Å². The van der Waals surface area contributed by atoms with Crippen molar-refractivity contribution in [1.82, 2.24) is 4.72 Å². The number of hydrogen-bond acceptors (Lipinski definition) is 4. The van der Waals surface area contributed by atoms with Crippen LogP contribution in [0.5, 0.6) is 0 Å². The molecule has 0 radical (unpaired) electrons. The number of aryl methyl sites for hydroxylation is 1. The standard InChI is InChI=1S/C15H25N3O2S/c1-11-7-8-13(21(19,20)17-2)9-15(11)18-14-6-4-3-5-12(14)10-16/h7-9,12,14,17-18H,3-6,10,16H2,1-2H3. The average Bonchev–Trinajstić information content (AvgIpc) is 2.49. The number of nitrogens with two attached hydrogens (primary N) is 1. The monoisotopic (exact) mass is 311 g/mol. The van der Waals surface area contributed by atoms with Crippen LogP contribution >= 0.6 is 0 Å². The molecular formula is C15H25N3O2S. The van der Waals surface area contributed by atoms with E-state index in [1.807, 2.05) is 13.0 Å². The van der Waals surface area contributed by atoms with E-state index >= 15 is 0 Å². The largest absolute Gasteiger partial charge is 0.382 e. The highest BCUT2D eigenvalue weighted by atomic mass is 32.2.